The molecule has 0 spiro atoms. The SMILES string of the molecule is CC1(C)C(=O)NN2c3ccc(F)cc3-c3c(ccc4ccccc34)OC21. The molecule has 2 aliphatic heterocycles. The van der Waals surface area contributed by atoms with Crippen molar-refractivity contribution in [1.29, 1.82) is 0 Å². The molecule has 4 nitrogen and oxygen atoms in total. The monoisotopic (exact) mass is 348 g/mol. The molecule has 0 radical (unpaired) electrons. The maximum absolute atomic E-state index is 14.1. The quantitative estimate of drug-likeness (QED) is 0.661. The number of nitrogens with one attached hydrogen (secondary N) is 1. The summed E-state index contributed by atoms with van der Waals surface area (Å²) < 4.78 is 20.5. The maximum atomic E-state index is 14.1. The highest BCUT2D eigenvalue weighted by Gasteiger charge is 2.51. The predicted octanol–water partition coefficient (Wildman–Crippen LogP) is 4.24. The van der Waals surface area contributed by atoms with E-state index in [4.69, 9.17) is 4.74 Å². The van der Waals surface area contributed by atoms with Crippen molar-refractivity contribution in [2.45, 2.75) is 20.1 Å². The van der Waals surface area contributed by atoms with E-state index in [1.165, 1.54) is 12.1 Å². The lowest BCUT2D eigenvalue weighted by molar-refractivity contribution is -0.128. The third-order valence-electron chi connectivity index (χ3n) is 5.28. The third-order valence-corrected chi connectivity index (χ3v) is 5.28. The van der Waals surface area contributed by atoms with Gasteiger partial charge in [0, 0.05) is 11.1 Å². The number of hydrogen-bond acceptors (Lipinski definition) is 3. The van der Waals surface area contributed by atoms with Crippen molar-refractivity contribution >= 4 is 22.4 Å². The van der Waals surface area contributed by atoms with Crippen LogP contribution in [0.25, 0.3) is 21.9 Å². The summed E-state index contributed by atoms with van der Waals surface area (Å²) in [5.74, 6) is 0.195. The molecule has 0 bridgehead atoms. The summed E-state index contributed by atoms with van der Waals surface area (Å²) in [7, 11) is 0. The van der Waals surface area contributed by atoms with Crippen LogP contribution in [-0.4, -0.2) is 12.1 Å². The number of nitrogens with zero attached hydrogens (tertiary/aromatic N) is 1. The summed E-state index contributed by atoms with van der Waals surface area (Å²) >= 11 is 0. The highest BCUT2D eigenvalue weighted by Crippen LogP contribution is 2.48. The number of fused-ring (bicyclic) bond motifs is 7. The molecule has 1 atom stereocenters. The van der Waals surface area contributed by atoms with Crippen molar-refractivity contribution in [2.75, 3.05) is 5.01 Å². The van der Waals surface area contributed by atoms with Gasteiger partial charge in [-0.1, -0.05) is 30.3 Å². The van der Waals surface area contributed by atoms with Crippen LogP contribution in [0.5, 0.6) is 5.75 Å². The molecular formula is C21H17FN2O2. The van der Waals surface area contributed by atoms with E-state index in [9.17, 15) is 9.18 Å². The molecule has 1 saturated heterocycles. The molecule has 3 aromatic rings. The number of rotatable bonds is 0. The minimum Gasteiger partial charge on any atom is -0.467 e. The van der Waals surface area contributed by atoms with Crippen molar-refractivity contribution in [3.05, 3.63) is 60.4 Å². The van der Waals surface area contributed by atoms with Gasteiger partial charge in [-0.05, 0) is 48.9 Å². The number of hydrogen-bond donors (Lipinski definition) is 1. The first-order valence-electron chi connectivity index (χ1n) is 8.55. The van der Waals surface area contributed by atoms with Crippen LogP contribution in [0.1, 0.15) is 13.8 Å². The van der Waals surface area contributed by atoms with E-state index in [1.807, 2.05) is 50.2 Å². The second-order valence-corrected chi connectivity index (χ2v) is 7.32. The smallest absolute Gasteiger partial charge is 0.250 e. The Hall–Kier alpha value is -3.08. The summed E-state index contributed by atoms with van der Waals surface area (Å²) in [5, 5.41) is 3.75. The van der Waals surface area contributed by atoms with Gasteiger partial charge in [-0.25, -0.2) is 9.40 Å². The largest absolute Gasteiger partial charge is 0.467 e. The summed E-state index contributed by atoms with van der Waals surface area (Å²) in [6, 6.07) is 16.4. The molecule has 1 fully saturated rings. The second-order valence-electron chi connectivity index (χ2n) is 7.32. The van der Waals surface area contributed by atoms with Crippen molar-refractivity contribution in [3.8, 4) is 16.9 Å². The topological polar surface area (TPSA) is 41.6 Å². The van der Waals surface area contributed by atoms with Crippen molar-refractivity contribution < 1.29 is 13.9 Å². The van der Waals surface area contributed by atoms with Gasteiger partial charge in [0.1, 0.15) is 17.0 Å². The lowest BCUT2D eigenvalue weighted by atomic mass is 9.91. The summed E-state index contributed by atoms with van der Waals surface area (Å²) in [4.78, 5) is 12.5. The Balaban J connectivity index is 1.88. The van der Waals surface area contributed by atoms with Crippen molar-refractivity contribution in [2.24, 2.45) is 5.41 Å². The van der Waals surface area contributed by atoms with E-state index in [0.29, 0.717) is 11.3 Å². The fourth-order valence-corrected chi connectivity index (χ4v) is 3.80. The molecule has 0 saturated carbocycles. The third kappa shape index (κ3) is 1.91. The van der Waals surface area contributed by atoms with Crippen LogP contribution in [0.15, 0.2) is 54.6 Å². The Bertz CT molecular complexity index is 1080. The zero-order chi connectivity index (χ0) is 18.1. The second kappa shape index (κ2) is 4.97. The first-order chi connectivity index (χ1) is 12.5. The molecule has 1 N–H and O–H groups in total. The Morgan fingerprint density at radius 2 is 1.92 bits per heavy atom. The van der Waals surface area contributed by atoms with Gasteiger partial charge in [0.2, 0.25) is 12.1 Å². The van der Waals surface area contributed by atoms with Crippen LogP contribution in [0.4, 0.5) is 10.1 Å². The zero-order valence-electron chi connectivity index (χ0n) is 14.4. The predicted molar refractivity (Wildman–Crippen MR) is 98.2 cm³/mol. The number of halogens is 1. The Kier molecular flexibility index (Phi) is 2.91. The Morgan fingerprint density at radius 1 is 1.12 bits per heavy atom. The van der Waals surface area contributed by atoms with Gasteiger partial charge in [-0.2, -0.15) is 0 Å². The van der Waals surface area contributed by atoms with E-state index in [0.717, 1.165) is 22.0 Å². The van der Waals surface area contributed by atoms with Crippen LogP contribution in [0.3, 0.4) is 0 Å². The minimum atomic E-state index is -0.751. The average Bonchev–Trinajstić information content (AvgIpc) is 2.77. The fourth-order valence-electron chi connectivity index (χ4n) is 3.80. The molecule has 5 rings (SSSR count). The summed E-state index contributed by atoms with van der Waals surface area (Å²) in [5.41, 5.74) is 4.42. The molecule has 3 aromatic carbocycles. The van der Waals surface area contributed by atoms with E-state index in [1.54, 1.807) is 11.1 Å². The lowest BCUT2D eigenvalue weighted by Crippen LogP contribution is -2.44. The number of hydrazine groups is 1. The number of amides is 1. The molecule has 5 heteroatoms. The van der Waals surface area contributed by atoms with Gasteiger partial charge in [0.15, 0.2) is 0 Å². The number of carbonyl (C=O) groups is 1. The van der Waals surface area contributed by atoms with Crippen LogP contribution in [-0.2, 0) is 4.79 Å². The zero-order valence-corrected chi connectivity index (χ0v) is 14.4. The molecule has 0 aliphatic carbocycles. The molecule has 1 amide bonds. The first kappa shape index (κ1) is 15.2. The number of anilines is 1. The normalized spacial score (nSPS) is 19.9. The first-order valence-corrected chi connectivity index (χ1v) is 8.55. The van der Waals surface area contributed by atoms with Crippen LogP contribution < -0.4 is 15.2 Å². The van der Waals surface area contributed by atoms with E-state index < -0.39 is 11.6 Å². The molecule has 130 valence electrons. The van der Waals surface area contributed by atoms with Gasteiger partial charge in [0.25, 0.3) is 0 Å². The van der Waals surface area contributed by atoms with E-state index >= 15 is 0 Å². The van der Waals surface area contributed by atoms with E-state index in [-0.39, 0.29) is 11.7 Å². The Labute approximate surface area is 150 Å². The fraction of sp³-hybridized carbons (Fsp3) is 0.190. The van der Waals surface area contributed by atoms with Gasteiger partial charge in [-0.3, -0.25) is 10.2 Å². The van der Waals surface area contributed by atoms with E-state index in [2.05, 4.69) is 5.43 Å². The number of ether oxygens (including phenoxy) is 1. The molecule has 0 aromatic heterocycles. The molecular weight excluding hydrogens is 331 g/mol. The maximum Gasteiger partial charge on any atom is 0.250 e. The standard InChI is InChI=1S/C21H17FN2O2/c1-21(2)19(25)23-24-16-9-8-13(22)11-15(16)18-14-6-4-3-5-12(14)7-10-17(18)26-20(21)24/h3-11,20H,1-2H3,(H,23,25). The van der Waals surface area contributed by atoms with Crippen LogP contribution >= 0.6 is 0 Å². The highest BCUT2D eigenvalue weighted by atomic mass is 19.1. The molecule has 2 aliphatic rings. The van der Waals surface area contributed by atoms with Gasteiger partial charge < -0.3 is 4.74 Å². The van der Waals surface area contributed by atoms with Gasteiger partial charge >= 0.3 is 0 Å². The number of carbonyl (C=O) groups excluding carboxylic acids is 1. The van der Waals surface area contributed by atoms with Crippen molar-refractivity contribution in [1.82, 2.24) is 5.43 Å². The van der Waals surface area contributed by atoms with Gasteiger partial charge in [-0.15, -0.1) is 0 Å². The van der Waals surface area contributed by atoms with Gasteiger partial charge in [0.05, 0.1) is 5.69 Å². The summed E-state index contributed by atoms with van der Waals surface area (Å²) in [6.07, 6.45) is -0.526. The number of benzene rings is 3. The molecule has 26 heavy (non-hydrogen) atoms. The Morgan fingerprint density at radius 3 is 2.77 bits per heavy atom. The average molecular weight is 348 g/mol. The molecule has 2 heterocycles. The summed E-state index contributed by atoms with van der Waals surface area (Å²) in [6.45, 7) is 3.70. The van der Waals surface area contributed by atoms with Crippen molar-refractivity contribution in [3.63, 3.8) is 0 Å². The lowest BCUT2D eigenvalue weighted by Gasteiger charge is -2.29. The van der Waals surface area contributed by atoms with Crippen LogP contribution in [0, 0.1) is 11.2 Å². The molecule has 1 unspecified atom stereocenters. The minimum absolute atomic E-state index is 0.123. The highest BCUT2D eigenvalue weighted by molar-refractivity contribution is 6.04. The van der Waals surface area contributed by atoms with Crippen LogP contribution in [0.2, 0.25) is 0 Å².